The fourth-order valence-electron chi connectivity index (χ4n) is 2.09. The number of benzene rings is 1. The van der Waals surface area contributed by atoms with Crippen LogP contribution in [0, 0.1) is 6.92 Å². The Morgan fingerprint density at radius 1 is 1.44 bits per heavy atom. The largest absolute Gasteiger partial charge is 0.339 e. The maximum absolute atomic E-state index is 11.9. The molecule has 0 spiro atoms. The standard InChI is InChI=1S/C13H18N2O/c1-10-5-3-4-6-11(10)7-12(16)15-8-13(2,14)9-15/h3-6H,7-9,14H2,1-2H3. The first kappa shape index (κ1) is 11.1. The van der Waals surface area contributed by atoms with Gasteiger partial charge in [0, 0.05) is 18.6 Å². The molecule has 0 radical (unpaired) electrons. The smallest absolute Gasteiger partial charge is 0.227 e. The number of hydrogen-bond donors (Lipinski definition) is 1. The molecule has 2 N–H and O–H groups in total. The Kier molecular flexibility index (Phi) is 2.72. The summed E-state index contributed by atoms with van der Waals surface area (Å²) in [6, 6.07) is 8.00. The summed E-state index contributed by atoms with van der Waals surface area (Å²) in [7, 11) is 0. The highest BCUT2D eigenvalue weighted by atomic mass is 16.2. The van der Waals surface area contributed by atoms with Crippen LogP contribution < -0.4 is 5.73 Å². The number of hydrogen-bond acceptors (Lipinski definition) is 2. The Morgan fingerprint density at radius 3 is 2.62 bits per heavy atom. The molecular formula is C13H18N2O. The van der Waals surface area contributed by atoms with Crippen molar-refractivity contribution in [1.82, 2.24) is 4.90 Å². The Morgan fingerprint density at radius 2 is 2.06 bits per heavy atom. The summed E-state index contributed by atoms with van der Waals surface area (Å²) in [6.07, 6.45) is 0.489. The lowest BCUT2D eigenvalue weighted by atomic mass is 9.92. The number of carbonyl (C=O) groups excluding carboxylic acids is 1. The van der Waals surface area contributed by atoms with E-state index in [0.29, 0.717) is 19.5 Å². The normalized spacial score (nSPS) is 18.1. The van der Waals surface area contributed by atoms with E-state index in [4.69, 9.17) is 5.73 Å². The van der Waals surface area contributed by atoms with E-state index in [1.54, 1.807) is 0 Å². The van der Waals surface area contributed by atoms with E-state index in [9.17, 15) is 4.79 Å². The maximum Gasteiger partial charge on any atom is 0.227 e. The quantitative estimate of drug-likeness (QED) is 0.808. The first-order valence-electron chi connectivity index (χ1n) is 5.59. The minimum Gasteiger partial charge on any atom is -0.339 e. The summed E-state index contributed by atoms with van der Waals surface area (Å²) in [5.41, 5.74) is 7.98. The van der Waals surface area contributed by atoms with E-state index < -0.39 is 0 Å². The minimum absolute atomic E-state index is 0.178. The molecule has 16 heavy (non-hydrogen) atoms. The molecule has 3 heteroatoms. The van der Waals surface area contributed by atoms with Crippen LogP contribution in [0.15, 0.2) is 24.3 Å². The van der Waals surface area contributed by atoms with Gasteiger partial charge in [-0.15, -0.1) is 0 Å². The lowest BCUT2D eigenvalue weighted by Crippen LogP contribution is -2.67. The van der Waals surface area contributed by atoms with Gasteiger partial charge < -0.3 is 10.6 Å². The highest BCUT2D eigenvalue weighted by Gasteiger charge is 2.37. The molecule has 2 rings (SSSR count). The number of amides is 1. The number of aryl methyl sites for hydroxylation is 1. The van der Waals surface area contributed by atoms with Gasteiger partial charge in [-0.3, -0.25) is 4.79 Å². The lowest BCUT2D eigenvalue weighted by molar-refractivity contribution is -0.137. The average molecular weight is 218 g/mol. The first-order chi connectivity index (χ1) is 7.48. The fraction of sp³-hybridized carbons (Fsp3) is 0.462. The van der Waals surface area contributed by atoms with Crippen molar-refractivity contribution < 1.29 is 4.79 Å². The maximum atomic E-state index is 11.9. The molecule has 1 aliphatic rings. The molecule has 3 nitrogen and oxygen atoms in total. The van der Waals surface area contributed by atoms with Crippen molar-refractivity contribution in [3.63, 3.8) is 0 Å². The van der Waals surface area contributed by atoms with E-state index in [1.165, 1.54) is 5.56 Å². The molecular weight excluding hydrogens is 200 g/mol. The van der Waals surface area contributed by atoms with E-state index in [0.717, 1.165) is 5.56 Å². The number of carbonyl (C=O) groups is 1. The van der Waals surface area contributed by atoms with Crippen LogP contribution in [-0.4, -0.2) is 29.4 Å². The molecule has 1 aromatic carbocycles. The molecule has 0 atom stereocenters. The van der Waals surface area contributed by atoms with Crippen LogP contribution in [0.1, 0.15) is 18.1 Å². The summed E-state index contributed by atoms with van der Waals surface area (Å²) in [5, 5.41) is 0. The zero-order valence-corrected chi connectivity index (χ0v) is 9.86. The van der Waals surface area contributed by atoms with Crippen LogP contribution in [0.3, 0.4) is 0 Å². The molecule has 0 saturated carbocycles. The van der Waals surface area contributed by atoms with Crippen molar-refractivity contribution in [1.29, 1.82) is 0 Å². The zero-order chi connectivity index (χ0) is 11.8. The van der Waals surface area contributed by atoms with Gasteiger partial charge in [0.1, 0.15) is 0 Å². The van der Waals surface area contributed by atoms with Crippen LogP contribution in [-0.2, 0) is 11.2 Å². The van der Waals surface area contributed by atoms with Gasteiger partial charge in [-0.1, -0.05) is 24.3 Å². The van der Waals surface area contributed by atoms with Gasteiger partial charge >= 0.3 is 0 Å². The molecule has 0 aromatic heterocycles. The fourth-order valence-corrected chi connectivity index (χ4v) is 2.09. The SMILES string of the molecule is Cc1ccccc1CC(=O)N1CC(C)(N)C1. The third kappa shape index (κ3) is 2.25. The molecule has 0 unspecified atom stereocenters. The molecule has 1 saturated heterocycles. The summed E-state index contributed by atoms with van der Waals surface area (Å²) in [5.74, 6) is 0.178. The molecule has 1 aromatic rings. The van der Waals surface area contributed by atoms with Crippen LogP contribution in [0.25, 0.3) is 0 Å². The van der Waals surface area contributed by atoms with E-state index in [2.05, 4.69) is 0 Å². The van der Waals surface area contributed by atoms with Crippen LogP contribution in [0.2, 0.25) is 0 Å². The Labute approximate surface area is 96.2 Å². The zero-order valence-electron chi connectivity index (χ0n) is 9.86. The third-order valence-electron chi connectivity index (χ3n) is 3.06. The second kappa shape index (κ2) is 3.91. The molecule has 0 aliphatic carbocycles. The molecule has 0 bridgehead atoms. The third-order valence-corrected chi connectivity index (χ3v) is 3.06. The van der Waals surface area contributed by atoms with Gasteiger partial charge in [-0.2, -0.15) is 0 Å². The average Bonchev–Trinajstić information content (AvgIpc) is 2.17. The van der Waals surface area contributed by atoms with Gasteiger partial charge in [0.25, 0.3) is 0 Å². The summed E-state index contributed by atoms with van der Waals surface area (Å²) >= 11 is 0. The van der Waals surface area contributed by atoms with E-state index in [1.807, 2.05) is 43.0 Å². The molecule has 1 aliphatic heterocycles. The predicted octanol–water partition coefficient (Wildman–Crippen LogP) is 1.10. The first-order valence-corrected chi connectivity index (χ1v) is 5.59. The van der Waals surface area contributed by atoms with Gasteiger partial charge in [-0.05, 0) is 25.0 Å². The molecule has 86 valence electrons. The molecule has 1 heterocycles. The monoisotopic (exact) mass is 218 g/mol. The van der Waals surface area contributed by atoms with Crippen molar-refractivity contribution in [2.45, 2.75) is 25.8 Å². The van der Waals surface area contributed by atoms with Gasteiger partial charge in [0.05, 0.1) is 6.42 Å². The second-order valence-corrected chi connectivity index (χ2v) is 5.01. The van der Waals surface area contributed by atoms with Crippen LogP contribution in [0.5, 0.6) is 0 Å². The Hall–Kier alpha value is -1.35. The van der Waals surface area contributed by atoms with Crippen molar-refractivity contribution in [3.05, 3.63) is 35.4 Å². The Balaban J connectivity index is 1.96. The number of rotatable bonds is 2. The van der Waals surface area contributed by atoms with Crippen molar-refractivity contribution in [2.24, 2.45) is 5.73 Å². The highest BCUT2D eigenvalue weighted by molar-refractivity contribution is 5.80. The van der Waals surface area contributed by atoms with E-state index >= 15 is 0 Å². The summed E-state index contributed by atoms with van der Waals surface area (Å²) in [6.45, 7) is 5.37. The van der Waals surface area contributed by atoms with Crippen molar-refractivity contribution in [2.75, 3.05) is 13.1 Å². The number of likely N-dealkylation sites (tertiary alicyclic amines) is 1. The van der Waals surface area contributed by atoms with Gasteiger partial charge in [-0.25, -0.2) is 0 Å². The lowest BCUT2D eigenvalue weighted by Gasteiger charge is -2.45. The topological polar surface area (TPSA) is 46.3 Å². The van der Waals surface area contributed by atoms with Crippen LogP contribution in [0.4, 0.5) is 0 Å². The number of nitrogens with zero attached hydrogens (tertiary/aromatic N) is 1. The van der Waals surface area contributed by atoms with Gasteiger partial charge in [0.15, 0.2) is 0 Å². The van der Waals surface area contributed by atoms with Crippen molar-refractivity contribution in [3.8, 4) is 0 Å². The predicted molar refractivity (Wildman–Crippen MR) is 64.1 cm³/mol. The Bertz CT molecular complexity index is 404. The molecule has 1 amide bonds. The number of nitrogens with two attached hydrogens (primary N) is 1. The van der Waals surface area contributed by atoms with E-state index in [-0.39, 0.29) is 11.4 Å². The highest BCUT2D eigenvalue weighted by Crippen LogP contribution is 2.19. The van der Waals surface area contributed by atoms with Crippen LogP contribution >= 0.6 is 0 Å². The second-order valence-electron chi connectivity index (χ2n) is 5.01. The van der Waals surface area contributed by atoms with Crippen molar-refractivity contribution >= 4 is 5.91 Å². The molecule has 1 fully saturated rings. The minimum atomic E-state index is -0.179. The van der Waals surface area contributed by atoms with Gasteiger partial charge in [0.2, 0.25) is 5.91 Å². The summed E-state index contributed by atoms with van der Waals surface area (Å²) in [4.78, 5) is 13.7. The summed E-state index contributed by atoms with van der Waals surface area (Å²) < 4.78 is 0.